The van der Waals surface area contributed by atoms with Gasteiger partial charge in [-0.3, -0.25) is 9.52 Å². The lowest BCUT2D eigenvalue weighted by Gasteiger charge is -2.06. The maximum atomic E-state index is 12.4. The Morgan fingerprint density at radius 2 is 1.92 bits per heavy atom. The summed E-state index contributed by atoms with van der Waals surface area (Å²) in [6.45, 7) is 2.40. The summed E-state index contributed by atoms with van der Waals surface area (Å²) >= 11 is 0.976. The van der Waals surface area contributed by atoms with Gasteiger partial charge >= 0.3 is 0 Å². The molecule has 25 heavy (non-hydrogen) atoms. The number of sulfonamides is 1. The highest BCUT2D eigenvalue weighted by molar-refractivity contribution is 7.93. The van der Waals surface area contributed by atoms with Crippen molar-refractivity contribution in [3.63, 3.8) is 0 Å². The van der Waals surface area contributed by atoms with Gasteiger partial charge in [-0.15, -0.1) is 0 Å². The highest BCUT2D eigenvalue weighted by Gasteiger charge is 2.20. The van der Waals surface area contributed by atoms with Gasteiger partial charge in [-0.05, 0) is 31.2 Å². The molecule has 0 atom stereocenters. The number of thiazole rings is 1. The molecule has 136 valence electrons. The van der Waals surface area contributed by atoms with Crippen LogP contribution in [0.15, 0.2) is 29.2 Å². The minimum atomic E-state index is -3.80. The van der Waals surface area contributed by atoms with E-state index in [1.807, 2.05) is 0 Å². The Morgan fingerprint density at radius 1 is 1.24 bits per heavy atom. The van der Waals surface area contributed by atoms with Gasteiger partial charge in [-0.2, -0.15) is 0 Å². The molecule has 0 fully saturated rings. The number of aryl methyl sites for hydroxylation is 1. The quantitative estimate of drug-likeness (QED) is 0.669. The molecule has 0 spiro atoms. The van der Waals surface area contributed by atoms with Crippen LogP contribution in [0, 0.1) is 6.92 Å². The largest absolute Gasteiger partial charge is 0.497 e. The van der Waals surface area contributed by atoms with E-state index < -0.39 is 10.0 Å². The molecule has 0 aliphatic carbocycles. The van der Waals surface area contributed by atoms with E-state index in [4.69, 9.17) is 9.47 Å². The summed E-state index contributed by atoms with van der Waals surface area (Å²) < 4.78 is 37.1. The van der Waals surface area contributed by atoms with Gasteiger partial charge in [0.2, 0.25) is 0 Å². The number of carbonyl (C=O) groups is 1. The number of methoxy groups -OCH3 is 2. The average molecular weight is 385 g/mol. The number of hydrogen-bond acceptors (Lipinski definition) is 7. The molecule has 8 nitrogen and oxygen atoms in total. The van der Waals surface area contributed by atoms with Crippen molar-refractivity contribution in [1.82, 2.24) is 10.3 Å². The maximum absolute atomic E-state index is 12.4. The van der Waals surface area contributed by atoms with E-state index in [0.717, 1.165) is 11.3 Å². The Kier molecular flexibility index (Phi) is 6.34. The fraction of sp³-hybridized carbons (Fsp3) is 0.333. The molecular weight excluding hydrogens is 366 g/mol. The smallest absolute Gasteiger partial charge is 0.263 e. The first-order valence-electron chi connectivity index (χ1n) is 7.29. The molecule has 2 N–H and O–H groups in total. The Morgan fingerprint density at radius 3 is 2.52 bits per heavy atom. The van der Waals surface area contributed by atoms with Crippen LogP contribution in [0.1, 0.15) is 15.4 Å². The summed E-state index contributed by atoms with van der Waals surface area (Å²) in [4.78, 5) is 16.6. The van der Waals surface area contributed by atoms with Gasteiger partial charge in [0.15, 0.2) is 5.13 Å². The summed E-state index contributed by atoms with van der Waals surface area (Å²) in [7, 11) is -0.761. The Balaban J connectivity index is 2.14. The van der Waals surface area contributed by atoms with Gasteiger partial charge in [0.05, 0.1) is 24.3 Å². The Labute approximate surface area is 150 Å². The highest BCUT2D eigenvalue weighted by Crippen LogP contribution is 2.25. The number of benzene rings is 1. The number of rotatable bonds is 8. The van der Waals surface area contributed by atoms with Crippen LogP contribution in [-0.2, 0) is 14.8 Å². The van der Waals surface area contributed by atoms with E-state index in [1.54, 1.807) is 19.1 Å². The fourth-order valence-electron chi connectivity index (χ4n) is 1.93. The van der Waals surface area contributed by atoms with E-state index in [2.05, 4.69) is 15.0 Å². The van der Waals surface area contributed by atoms with E-state index in [-0.39, 0.29) is 15.9 Å². The van der Waals surface area contributed by atoms with E-state index in [1.165, 1.54) is 26.4 Å². The second kappa shape index (κ2) is 8.28. The summed E-state index contributed by atoms with van der Waals surface area (Å²) in [6.07, 6.45) is 0. The lowest BCUT2D eigenvalue weighted by molar-refractivity contribution is 0.0940. The third kappa shape index (κ3) is 4.91. The molecule has 0 saturated heterocycles. The molecule has 1 amide bonds. The van der Waals surface area contributed by atoms with Gasteiger partial charge in [-0.25, -0.2) is 13.4 Å². The second-order valence-corrected chi connectivity index (χ2v) is 7.64. The molecular formula is C15H19N3O5S2. The molecule has 1 heterocycles. The van der Waals surface area contributed by atoms with Crippen molar-refractivity contribution in [3.8, 4) is 5.75 Å². The average Bonchev–Trinajstić information content (AvgIpc) is 2.94. The number of nitrogens with one attached hydrogen (secondary N) is 2. The molecule has 10 heteroatoms. The molecule has 2 aromatic rings. The highest BCUT2D eigenvalue weighted by atomic mass is 32.2. The minimum absolute atomic E-state index is 0.0762. The van der Waals surface area contributed by atoms with Crippen LogP contribution in [0.5, 0.6) is 5.75 Å². The van der Waals surface area contributed by atoms with Crippen LogP contribution >= 0.6 is 11.3 Å². The van der Waals surface area contributed by atoms with Crippen molar-refractivity contribution in [1.29, 1.82) is 0 Å². The van der Waals surface area contributed by atoms with Crippen LogP contribution in [0.25, 0.3) is 0 Å². The fourth-order valence-corrected chi connectivity index (χ4v) is 4.04. The summed E-state index contributed by atoms with van der Waals surface area (Å²) in [5, 5.41) is 2.81. The predicted octanol–water partition coefficient (Wildman–Crippen LogP) is 1.64. The molecule has 0 aliphatic heterocycles. The SMILES string of the molecule is COCCNC(=O)c1sc(NS(=O)(=O)c2ccc(OC)cc2)nc1C. The first-order chi connectivity index (χ1) is 11.9. The number of amides is 1. The summed E-state index contributed by atoms with van der Waals surface area (Å²) in [6, 6.07) is 5.96. The van der Waals surface area contributed by atoms with Crippen LogP contribution < -0.4 is 14.8 Å². The number of carbonyl (C=O) groups excluding carboxylic acids is 1. The Bertz CT molecular complexity index is 831. The molecule has 2 rings (SSSR count). The first-order valence-corrected chi connectivity index (χ1v) is 9.59. The number of ether oxygens (including phenoxy) is 2. The van der Waals surface area contributed by atoms with Crippen molar-refractivity contribution in [2.24, 2.45) is 0 Å². The van der Waals surface area contributed by atoms with Gasteiger partial charge in [0, 0.05) is 13.7 Å². The van der Waals surface area contributed by atoms with Crippen LogP contribution in [0.4, 0.5) is 5.13 Å². The lowest BCUT2D eigenvalue weighted by Crippen LogP contribution is -2.26. The van der Waals surface area contributed by atoms with Crippen LogP contribution in [0.2, 0.25) is 0 Å². The third-order valence-electron chi connectivity index (χ3n) is 3.19. The zero-order valence-corrected chi connectivity index (χ0v) is 15.7. The summed E-state index contributed by atoms with van der Waals surface area (Å²) in [5.74, 6) is 0.237. The molecule has 1 aromatic carbocycles. The van der Waals surface area contributed by atoms with Crippen molar-refractivity contribution in [3.05, 3.63) is 34.8 Å². The zero-order valence-electron chi connectivity index (χ0n) is 14.0. The topological polar surface area (TPSA) is 107 Å². The minimum Gasteiger partial charge on any atom is -0.497 e. The first kappa shape index (κ1) is 19.2. The third-order valence-corrected chi connectivity index (χ3v) is 5.74. The van der Waals surface area contributed by atoms with Gasteiger partial charge in [0.25, 0.3) is 15.9 Å². The van der Waals surface area contributed by atoms with Crippen molar-refractivity contribution in [2.75, 3.05) is 32.1 Å². The van der Waals surface area contributed by atoms with E-state index in [0.29, 0.717) is 29.5 Å². The molecule has 0 bridgehead atoms. The number of nitrogens with zero attached hydrogens (tertiary/aromatic N) is 1. The van der Waals surface area contributed by atoms with Crippen molar-refractivity contribution in [2.45, 2.75) is 11.8 Å². The van der Waals surface area contributed by atoms with Crippen LogP contribution in [0.3, 0.4) is 0 Å². The molecule has 0 aliphatic rings. The number of aromatic nitrogens is 1. The van der Waals surface area contributed by atoms with Gasteiger partial charge in [0.1, 0.15) is 10.6 Å². The lowest BCUT2D eigenvalue weighted by atomic mass is 10.3. The van der Waals surface area contributed by atoms with Gasteiger partial charge in [-0.1, -0.05) is 11.3 Å². The molecule has 1 aromatic heterocycles. The monoisotopic (exact) mass is 385 g/mol. The van der Waals surface area contributed by atoms with E-state index in [9.17, 15) is 13.2 Å². The van der Waals surface area contributed by atoms with E-state index >= 15 is 0 Å². The Hall–Kier alpha value is -2.17. The standard InChI is InChI=1S/C15H19N3O5S2/c1-10-13(14(19)16-8-9-22-2)24-15(17-10)18-25(20,21)12-6-4-11(23-3)5-7-12/h4-7H,8-9H2,1-3H3,(H,16,19)(H,17,18). The normalized spacial score (nSPS) is 11.2. The number of hydrogen-bond donors (Lipinski definition) is 2. The summed E-state index contributed by atoms with van der Waals surface area (Å²) in [5.41, 5.74) is 0.451. The van der Waals surface area contributed by atoms with Crippen molar-refractivity contribution >= 4 is 32.4 Å². The zero-order chi connectivity index (χ0) is 18.4. The predicted molar refractivity (Wildman–Crippen MR) is 94.9 cm³/mol. The van der Waals surface area contributed by atoms with Crippen molar-refractivity contribution < 1.29 is 22.7 Å². The molecule has 0 radical (unpaired) electrons. The molecule has 0 saturated carbocycles. The van der Waals surface area contributed by atoms with Gasteiger partial charge < -0.3 is 14.8 Å². The molecule has 0 unspecified atom stereocenters. The maximum Gasteiger partial charge on any atom is 0.263 e. The number of anilines is 1. The van der Waals surface area contributed by atoms with Crippen LogP contribution in [-0.4, -0.2) is 46.7 Å². The second-order valence-electron chi connectivity index (χ2n) is 4.96.